The zero-order valence-corrected chi connectivity index (χ0v) is 30.7. The number of alkyl halides is 6. The lowest BCUT2D eigenvalue weighted by molar-refractivity contribution is -0.155. The number of amides is 1. The van der Waals surface area contributed by atoms with Gasteiger partial charge >= 0.3 is 22.6 Å². The minimum absolute atomic E-state index is 0.00166. The predicted octanol–water partition coefficient (Wildman–Crippen LogP) is 7.62. The molecule has 2 N–H and O–H groups in total. The number of fused-ring (bicyclic) bond motifs is 1. The van der Waals surface area contributed by atoms with Crippen molar-refractivity contribution in [2.45, 2.75) is 63.1 Å². The molecule has 2 aliphatic rings. The Morgan fingerprint density at radius 1 is 0.889 bits per heavy atom. The highest BCUT2D eigenvalue weighted by atomic mass is 32.2. The average molecular weight is 777 g/mol. The van der Waals surface area contributed by atoms with E-state index in [0.717, 1.165) is 55.2 Å². The number of rotatable bonds is 10. The largest absolute Gasteiger partial charge is 0.416 e. The summed E-state index contributed by atoms with van der Waals surface area (Å²) in [6.07, 6.45) is -4.62. The fraction of sp³-hybridized carbons (Fsp3) is 0.421. The molecular formula is C38H42F6N6O3S. The normalized spacial score (nSPS) is 17.5. The lowest BCUT2D eigenvalue weighted by Crippen LogP contribution is -2.46. The minimum atomic E-state index is -4.92. The monoisotopic (exact) mass is 776 g/mol. The highest BCUT2D eigenvalue weighted by molar-refractivity contribution is 7.90. The third kappa shape index (κ3) is 8.99. The van der Waals surface area contributed by atoms with Crippen LogP contribution in [0.15, 0.2) is 72.8 Å². The van der Waals surface area contributed by atoms with Crippen molar-refractivity contribution in [3.63, 3.8) is 0 Å². The maximum absolute atomic E-state index is 14.7. The Hall–Kier alpha value is -4.25. The summed E-state index contributed by atoms with van der Waals surface area (Å²) in [5.74, 6) is -1.15. The van der Waals surface area contributed by atoms with Crippen LogP contribution in [0.25, 0.3) is 22.2 Å². The number of nitrogens with zero attached hydrogens (tertiary/aromatic N) is 4. The van der Waals surface area contributed by atoms with Crippen molar-refractivity contribution in [3.05, 3.63) is 95.1 Å². The van der Waals surface area contributed by atoms with Gasteiger partial charge in [0.1, 0.15) is 0 Å². The van der Waals surface area contributed by atoms with Crippen LogP contribution in [-0.2, 0) is 22.9 Å². The zero-order valence-electron chi connectivity index (χ0n) is 29.8. The summed E-state index contributed by atoms with van der Waals surface area (Å²) in [5, 5.41) is 2.19. The Morgan fingerprint density at radius 3 is 2.20 bits per heavy atom. The van der Waals surface area contributed by atoms with Crippen LogP contribution in [0.1, 0.15) is 65.2 Å². The van der Waals surface area contributed by atoms with E-state index in [9.17, 15) is 39.6 Å². The summed E-state index contributed by atoms with van der Waals surface area (Å²) in [5.41, 5.74) is -1.22. The van der Waals surface area contributed by atoms with Crippen molar-refractivity contribution < 1.29 is 39.6 Å². The van der Waals surface area contributed by atoms with Gasteiger partial charge in [-0.1, -0.05) is 48.9 Å². The first-order valence-corrected chi connectivity index (χ1v) is 19.2. The molecule has 0 saturated carbocycles. The summed E-state index contributed by atoms with van der Waals surface area (Å²) >= 11 is 0. The summed E-state index contributed by atoms with van der Waals surface area (Å²) in [4.78, 5) is 23.8. The van der Waals surface area contributed by atoms with Crippen LogP contribution >= 0.6 is 0 Å². The first-order valence-electron chi connectivity index (χ1n) is 17.7. The fourth-order valence-electron chi connectivity index (χ4n) is 7.25. The van der Waals surface area contributed by atoms with Crippen molar-refractivity contribution in [1.29, 1.82) is 0 Å². The van der Waals surface area contributed by atoms with Crippen molar-refractivity contribution >= 4 is 32.7 Å². The van der Waals surface area contributed by atoms with Crippen LogP contribution in [0.4, 0.5) is 32.0 Å². The second-order valence-electron chi connectivity index (χ2n) is 14.0. The molecular weight excluding hydrogens is 735 g/mol. The van der Waals surface area contributed by atoms with Gasteiger partial charge in [-0.15, -0.1) is 0 Å². The molecule has 3 aromatic carbocycles. The average Bonchev–Trinajstić information content (AvgIpc) is 3.13. The van der Waals surface area contributed by atoms with E-state index < -0.39 is 40.1 Å². The van der Waals surface area contributed by atoms with Gasteiger partial charge in [0.05, 0.1) is 28.0 Å². The number of benzene rings is 3. The Kier molecular flexibility index (Phi) is 11.6. The third-order valence-corrected chi connectivity index (χ3v) is 11.5. The standard InChI is InChI=1S/C38H42F6N6O3S/c1-48(2)54(52,53)47-28-14-15-32-30(23-28)33(36(51)46-35(38(42,43)44)25-10-5-3-6-11-25)31(34(45-32)26-12-9-13-27(22-26)37(39,40)41)24-49-20-16-29(17-21-49)50-18-7-4-8-19-50/h3,5-6,9-15,22-23,29,35,47H,4,7-8,16-21,24H2,1-2H3,(H,46,51). The molecule has 0 aliphatic carbocycles. The molecule has 0 bridgehead atoms. The number of piperidine rings is 2. The van der Waals surface area contributed by atoms with E-state index >= 15 is 0 Å². The fourth-order valence-corrected chi connectivity index (χ4v) is 7.86. The number of halogens is 6. The maximum atomic E-state index is 14.7. The van der Waals surface area contributed by atoms with Gasteiger partial charge in [0.25, 0.3) is 5.91 Å². The number of pyridine rings is 1. The second-order valence-corrected chi connectivity index (χ2v) is 15.9. The first kappa shape index (κ1) is 39.4. The van der Waals surface area contributed by atoms with E-state index in [2.05, 4.69) is 14.9 Å². The zero-order chi connectivity index (χ0) is 38.8. The topological polar surface area (TPSA) is 97.9 Å². The number of carbonyl (C=O) groups is 1. The Balaban J connectivity index is 1.52. The molecule has 2 fully saturated rings. The van der Waals surface area contributed by atoms with E-state index in [1.54, 1.807) is 6.07 Å². The van der Waals surface area contributed by atoms with Crippen LogP contribution in [0.2, 0.25) is 0 Å². The molecule has 6 rings (SSSR count). The van der Waals surface area contributed by atoms with E-state index in [0.29, 0.717) is 19.1 Å². The number of anilines is 1. The van der Waals surface area contributed by atoms with E-state index in [1.807, 2.05) is 4.90 Å². The van der Waals surface area contributed by atoms with E-state index in [4.69, 9.17) is 4.98 Å². The highest BCUT2D eigenvalue weighted by Gasteiger charge is 2.43. The molecule has 1 aromatic heterocycles. The quantitative estimate of drug-likeness (QED) is 0.161. The SMILES string of the molecule is CN(C)S(=O)(=O)Nc1ccc2nc(-c3cccc(C(F)(F)F)c3)c(CN3CCC(N4CCCCC4)CC3)c(C(=O)NC(c3ccccc3)C(F)(F)F)c2c1. The van der Waals surface area contributed by atoms with Crippen molar-refractivity contribution in [2.75, 3.05) is 45.0 Å². The van der Waals surface area contributed by atoms with Crippen molar-refractivity contribution in [1.82, 2.24) is 24.4 Å². The summed E-state index contributed by atoms with van der Waals surface area (Å²) in [6, 6.07) is 13.2. The van der Waals surface area contributed by atoms with Crippen molar-refractivity contribution in [3.8, 4) is 11.3 Å². The number of likely N-dealkylation sites (tertiary alicyclic amines) is 2. The number of hydrogen-bond acceptors (Lipinski definition) is 6. The molecule has 2 aliphatic heterocycles. The molecule has 0 spiro atoms. The molecule has 4 aromatic rings. The van der Waals surface area contributed by atoms with Crippen LogP contribution in [0.3, 0.4) is 0 Å². The second kappa shape index (κ2) is 15.8. The minimum Gasteiger partial charge on any atom is -0.337 e. The van der Waals surface area contributed by atoms with Gasteiger partial charge in [-0.3, -0.25) is 14.4 Å². The summed E-state index contributed by atoms with van der Waals surface area (Å²) < 4.78 is 115. The molecule has 290 valence electrons. The van der Waals surface area contributed by atoms with E-state index in [-0.39, 0.29) is 51.1 Å². The Morgan fingerprint density at radius 2 is 1.57 bits per heavy atom. The number of hydrogen-bond donors (Lipinski definition) is 2. The van der Waals surface area contributed by atoms with Gasteiger partial charge in [0.15, 0.2) is 6.04 Å². The lowest BCUT2D eigenvalue weighted by atomic mass is 9.93. The van der Waals surface area contributed by atoms with Crippen LogP contribution in [-0.4, -0.2) is 85.9 Å². The van der Waals surface area contributed by atoms with Gasteiger partial charge in [-0.05, 0) is 87.8 Å². The highest BCUT2D eigenvalue weighted by Crippen LogP contribution is 2.38. The van der Waals surface area contributed by atoms with Gasteiger partial charge in [0, 0.05) is 43.2 Å². The predicted molar refractivity (Wildman–Crippen MR) is 195 cm³/mol. The summed E-state index contributed by atoms with van der Waals surface area (Å²) in [7, 11) is -1.44. The molecule has 54 heavy (non-hydrogen) atoms. The molecule has 0 radical (unpaired) electrons. The maximum Gasteiger partial charge on any atom is 0.416 e. The van der Waals surface area contributed by atoms with Gasteiger partial charge in [-0.2, -0.15) is 39.1 Å². The lowest BCUT2D eigenvalue weighted by Gasteiger charge is -2.40. The van der Waals surface area contributed by atoms with Gasteiger partial charge < -0.3 is 10.2 Å². The Bertz CT molecular complexity index is 2060. The van der Waals surface area contributed by atoms with Crippen LogP contribution in [0.5, 0.6) is 0 Å². The van der Waals surface area contributed by atoms with Crippen LogP contribution in [0, 0.1) is 0 Å². The van der Waals surface area contributed by atoms with Gasteiger partial charge in [0.2, 0.25) is 0 Å². The summed E-state index contributed by atoms with van der Waals surface area (Å²) in [6.45, 7) is 3.13. The van der Waals surface area contributed by atoms with E-state index in [1.165, 1.54) is 75.1 Å². The molecule has 3 heterocycles. The number of nitrogens with one attached hydrogen (secondary N) is 2. The first-order chi connectivity index (χ1) is 25.5. The van der Waals surface area contributed by atoms with Gasteiger partial charge in [-0.25, -0.2) is 4.98 Å². The molecule has 1 unspecified atom stereocenters. The van der Waals surface area contributed by atoms with Crippen LogP contribution < -0.4 is 10.0 Å². The number of aromatic nitrogens is 1. The molecule has 1 atom stereocenters. The number of carbonyl (C=O) groups excluding carboxylic acids is 1. The molecule has 1 amide bonds. The molecule has 16 heteroatoms. The smallest absolute Gasteiger partial charge is 0.337 e. The molecule has 9 nitrogen and oxygen atoms in total. The van der Waals surface area contributed by atoms with Crippen molar-refractivity contribution in [2.24, 2.45) is 0 Å². The Labute approximate surface area is 310 Å². The third-order valence-electron chi connectivity index (χ3n) is 10.1. The molecule has 2 saturated heterocycles.